The normalized spacial score (nSPS) is 16.6. The van der Waals surface area contributed by atoms with Crippen molar-refractivity contribution in [2.45, 2.75) is 46.1 Å². The van der Waals surface area contributed by atoms with Gasteiger partial charge in [0.25, 0.3) is 5.91 Å². The number of nitrogens with one attached hydrogen (secondary N) is 2. The maximum Gasteiger partial charge on any atom is 0.251 e. The zero-order valence-electron chi connectivity index (χ0n) is 25.4. The summed E-state index contributed by atoms with van der Waals surface area (Å²) < 4.78 is 0. The van der Waals surface area contributed by atoms with Gasteiger partial charge in [-0.3, -0.25) is 9.79 Å². The van der Waals surface area contributed by atoms with E-state index in [1.165, 1.54) is 32.4 Å². The number of fused-ring (bicyclic) bond motifs is 3. The fourth-order valence-electron chi connectivity index (χ4n) is 6.04. The molecule has 44 heavy (non-hydrogen) atoms. The van der Waals surface area contributed by atoms with Crippen LogP contribution < -0.4 is 10.6 Å². The van der Waals surface area contributed by atoms with E-state index < -0.39 is 0 Å². The van der Waals surface area contributed by atoms with Gasteiger partial charge in [0.05, 0.1) is 18.0 Å². The molecule has 226 valence electrons. The van der Waals surface area contributed by atoms with Crippen LogP contribution in [0.3, 0.4) is 0 Å². The van der Waals surface area contributed by atoms with Crippen molar-refractivity contribution in [3.63, 3.8) is 0 Å². The maximum absolute atomic E-state index is 12.8. The van der Waals surface area contributed by atoms with Crippen LogP contribution in [0.2, 0.25) is 5.02 Å². The molecule has 1 atom stereocenters. The van der Waals surface area contributed by atoms with Gasteiger partial charge < -0.3 is 15.5 Å². The highest BCUT2D eigenvalue weighted by Crippen LogP contribution is 2.34. The van der Waals surface area contributed by atoms with Crippen molar-refractivity contribution in [1.29, 1.82) is 0 Å². The number of likely N-dealkylation sites (tertiary alicyclic amines) is 1. The van der Waals surface area contributed by atoms with E-state index in [9.17, 15) is 4.79 Å². The first-order valence-corrected chi connectivity index (χ1v) is 16.0. The van der Waals surface area contributed by atoms with Crippen molar-refractivity contribution < 1.29 is 4.79 Å². The highest BCUT2D eigenvalue weighted by molar-refractivity contribution is 6.31. The van der Waals surface area contributed by atoms with Crippen LogP contribution in [0, 0.1) is 12.8 Å². The lowest BCUT2D eigenvalue weighted by Crippen LogP contribution is -2.30. The minimum absolute atomic E-state index is 0.0537. The number of hydrogen-bond acceptors (Lipinski definition) is 6. The second-order valence-corrected chi connectivity index (χ2v) is 12.4. The van der Waals surface area contributed by atoms with Gasteiger partial charge in [-0.25, -0.2) is 9.97 Å². The molecule has 6 rings (SSSR count). The van der Waals surface area contributed by atoms with Crippen molar-refractivity contribution in [3.8, 4) is 11.3 Å². The molecule has 1 amide bonds. The van der Waals surface area contributed by atoms with Gasteiger partial charge >= 0.3 is 0 Å². The molecule has 1 fully saturated rings. The number of benzene rings is 3. The van der Waals surface area contributed by atoms with E-state index in [1.54, 1.807) is 0 Å². The third-order valence-corrected chi connectivity index (χ3v) is 8.85. The minimum Gasteiger partial charge on any atom is -0.352 e. The topological polar surface area (TPSA) is 82.5 Å². The number of carbonyl (C=O) groups excluding carboxylic acids is 1. The van der Waals surface area contributed by atoms with Gasteiger partial charge in [0.2, 0.25) is 5.95 Å². The van der Waals surface area contributed by atoms with Crippen molar-refractivity contribution in [2.24, 2.45) is 10.9 Å². The number of aliphatic imine (C=N–C) groups is 1. The monoisotopic (exact) mass is 606 g/mol. The number of carbonyl (C=O) groups is 1. The smallest absolute Gasteiger partial charge is 0.251 e. The predicted octanol–water partition coefficient (Wildman–Crippen LogP) is 7.44. The molecule has 3 heterocycles. The average molecular weight is 607 g/mol. The molecule has 2 aliphatic rings. The van der Waals surface area contributed by atoms with Crippen molar-refractivity contribution in [3.05, 3.63) is 106 Å². The number of aromatic nitrogens is 2. The second kappa shape index (κ2) is 13.7. The number of nitrogens with zero attached hydrogens (tertiary/aromatic N) is 4. The molecule has 2 N–H and O–H groups in total. The van der Waals surface area contributed by atoms with Crippen LogP contribution >= 0.6 is 11.6 Å². The van der Waals surface area contributed by atoms with E-state index in [0.29, 0.717) is 29.6 Å². The van der Waals surface area contributed by atoms with Gasteiger partial charge in [0, 0.05) is 51.3 Å². The zero-order chi connectivity index (χ0) is 30.5. The summed E-state index contributed by atoms with van der Waals surface area (Å²) in [7, 11) is 0. The van der Waals surface area contributed by atoms with Crippen molar-refractivity contribution in [1.82, 2.24) is 20.2 Å². The Morgan fingerprint density at radius 3 is 2.68 bits per heavy atom. The SMILES string of the molecule is Cc1ccccc1C1=NCc2cnc(Nc3ccc(C(=O)NCCCN4CCCC(C)CC4)cc3)nc2-c2ccc(Cl)cc21. The van der Waals surface area contributed by atoms with Crippen LogP contribution in [0.25, 0.3) is 11.3 Å². The van der Waals surface area contributed by atoms with E-state index in [2.05, 4.69) is 46.5 Å². The molecule has 1 aromatic heterocycles. The van der Waals surface area contributed by atoms with Crippen LogP contribution in [-0.4, -0.2) is 52.7 Å². The van der Waals surface area contributed by atoms with Crippen molar-refractivity contribution in [2.75, 3.05) is 31.5 Å². The Labute approximate surface area is 264 Å². The third-order valence-electron chi connectivity index (χ3n) is 8.61. The summed E-state index contributed by atoms with van der Waals surface area (Å²) in [4.78, 5) is 29.8. The highest BCUT2D eigenvalue weighted by atomic mass is 35.5. The molecular formula is C36H39ClN6O. The molecule has 0 radical (unpaired) electrons. The van der Waals surface area contributed by atoms with E-state index in [4.69, 9.17) is 21.6 Å². The quantitative estimate of drug-likeness (QED) is 0.204. The molecular weight excluding hydrogens is 568 g/mol. The van der Waals surface area contributed by atoms with Gasteiger partial charge in [-0.15, -0.1) is 0 Å². The summed E-state index contributed by atoms with van der Waals surface area (Å²) >= 11 is 6.47. The van der Waals surface area contributed by atoms with Gasteiger partial charge in [0.1, 0.15) is 0 Å². The molecule has 1 saturated heterocycles. The number of anilines is 2. The number of rotatable bonds is 8. The summed E-state index contributed by atoms with van der Waals surface area (Å²) in [5.41, 5.74) is 8.25. The Hall–Kier alpha value is -4.07. The molecule has 7 nitrogen and oxygen atoms in total. The van der Waals surface area contributed by atoms with Crippen LogP contribution in [0.4, 0.5) is 11.6 Å². The largest absolute Gasteiger partial charge is 0.352 e. The van der Waals surface area contributed by atoms with E-state index >= 15 is 0 Å². The predicted molar refractivity (Wildman–Crippen MR) is 179 cm³/mol. The van der Waals surface area contributed by atoms with Crippen LogP contribution in [0.5, 0.6) is 0 Å². The number of aryl methyl sites for hydroxylation is 1. The molecule has 2 aliphatic heterocycles. The van der Waals surface area contributed by atoms with Crippen molar-refractivity contribution >= 4 is 34.9 Å². The zero-order valence-corrected chi connectivity index (χ0v) is 26.2. The minimum atomic E-state index is -0.0537. The first kappa shape index (κ1) is 30.0. The molecule has 3 aromatic carbocycles. The molecule has 0 spiro atoms. The van der Waals surface area contributed by atoms with E-state index in [0.717, 1.165) is 63.8 Å². The Bertz CT molecular complexity index is 1670. The Morgan fingerprint density at radius 2 is 1.84 bits per heavy atom. The van der Waals surface area contributed by atoms with Gasteiger partial charge in [-0.05, 0) is 100 Å². The molecule has 0 aliphatic carbocycles. The summed E-state index contributed by atoms with van der Waals surface area (Å²) in [6.45, 7) is 8.95. The van der Waals surface area contributed by atoms with Crippen LogP contribution in [0.15, 0.2) is 77.9 Å². The van der Waals surface area contributed by atoms with Gasteiger partial charge in [-0.1, -0.05) is 48.9 Å². The lowest BCUT2D eigenvalue weighted by atomic mass is 9.93. The number of hydrogen-bond donors (Lipinski definition) is 2. The summed E-state index contributed by atoms with van der Waals surface area (Å²) in [6, 6.07) is 21.5. The Kier molecular flexibility index (Phi) is 9.34. The number of amides is 1. The molecule has 4 aromatic rings. The summed E-state index contributed by atoms with van der Waals surface area (Å²) in [5, 5.41) is 7.03. The molecule has 0 bridgehead atoms. The second-order valence-electron chi connectivity index (χ2n) is 11.9. The first-order chi connectivity index (χ1) is 21.4. The Morgan fingerprint density at radius 1 is 1.00 bits per heavy atom. The lowest BCUT2D eigenvalue weighted by Gasteiger charge is -2.19. The highest BCUT2D eigenvalue weighted by Gasteiger charge is 2.22. The summed E-state index contributed by atoms with van der Waals surface area (Å²) in [5.74, 6) is 1.25. The fourth-order valence-corrected chi connectivity index (χ4v) is 6.21. The van der Waals surface area contributed by atoms with E-state index in [1.807, 2.05) is 60.8 Å². The Balaban J connectivity index is 1.12. The average Bonchev–Trinajstić information content (AvgIpc) is 3.33. The molecule has 1 unspecified atom stereocenters. The van der Waals surface area contributed by atoms with Crippen LogP contribution in [-0.2, 0) is 6.54 Å². The van der Waals surface area contributed by atoms with Crippen LogP contribution in [0.1, 0.15) is 65.2 Å². The van der Waals surface area contributed by atoms with E-state index in [-0.39, 0.29) is 5.91 Å². The molecule has 0 saturated carbocycles. The fraction of sp³-hybridized carbons (Fsp3) is 0.333. The lowest BCUT2D eigenvalue weighted by molar-refractivity contribution is 0.0951. The third kappa shape index (κ3) is 7.01. The maximum atomic E-state index is 12.8. The standard InChI is InChI=1S/C36H39ClN6O/c1-24-7-5-18-43(20-16-24)19-6-17-38-35(44)26-10-13-29(14-11-26)41-36-40-23-27-22-39-34(30-9-4-3-8-25(30)2)32-21-28(37)12-15-31(32)33(27)42-36/h3-4,8-15,21,23-24H,5-7,16-20,22H2,1-2H3,(H,38,44)(H,40,41,42). The van der Waals surface area contributed by atoms with Gasteiger partial charge in [0.15, 0.2) is 0 Å². The first-order valence-electron chi connectivity index (χ1n) is 15.6. The molecule has 8 heteroatoms. The van der Waals surface area contributed by atoms with Gasteiger partial charge in [-0.2, -0.15) is 0 Å². The number of halogens is 1. The summed E-state index contributed by atoms with van der Waals surface area (Å²) in [6.07, 6.45) is 6.67.